The number of nitrogens with one attached hydrogen (secondary N) is 2. The number of carbonyl (C=O) groups excluding carboxylic acids is 2. The van der Waals surface area contributed by atoms with Gasteiger partial charge in [-0.3, -0.25) is 4.79 Å². The summed E-state index contributed by atoms with van der Waals surface area (Å²) in [5.41, 5.74) is 2.41. The van der Waals surface area contributed by atoms with E-state index in [4.69, 9.17) is 13.9 Å². The number of aromatic amines is 1. The maximum absolute atomic E-state index is 13.7. The van der Waals surface area contributed by atoms with Crippen molar-refractivity contribution in [3.63, 3.8) is 0 Å². The summed E-state index contributed by atoms with van der Waals surface area (Å²) in [6, 6.07) is 6.34. The number of halogens is 3. The minimum atomic E-state index is -5.80. The van der Waals surface area contributed by atoms with Crippen LogP contribution in [0.2, 0.25) is 0 Å². The SMILES string of the molecule is COC(=O)NC(C(=O)N1CCCC1c1ncc(-c2ccc(-c3ccc(OS(=O)(=O)C(F)(F)F)c4c3C3CCC4C3)c3c2CC2CCC32)[nH]1)C(C)C. The van der Waals surface area contributed by atoms with Gasteiger partial charge in [0.1, 0.15) is 17.6 Å². The van der Waals surface area contributed by atoms with Crippen molar-refractivity contribution in [2.24, 2.45) is 11.8 Å². The quantitative estimate of drug-likeness (QED) is 0.182. The second-order valence-electron chi connectivity index (χ2n) is 15.1. The highest BCUT2D eigenvalue weighted by Crippen LogP contribution is 2.61. The van der Waals surface area contributed by atoms with E-state index in [2.05, 4.69) is 22.4 Å². The van der Waals surface area contributed by atoms with Crippen LogP contribution < -0.4 is 9.50 Å². The third-order valence-corrected chi connectivity index (χ3v) is 13.0. The van der Waals surface area contributed by atoms with E-state index in [1.165, 1.54) is 24.3 Å². The summed E-state index contributed by atoms with van der Waals surface area (Å²) in [6.07, 6.45) is 8.25. The van der Waals surface area contributed by atoms with Crippen molar-refractivity contribution >= 4 is 22.1 Å². The standard InChI is InChI=1S/C37H41F3N4O6S/c1-18(2)33(43-36(46)49-3)35(45)44-14-4-5-28(44)34-41-17-27(42-34)23-10-11-25(32-22-9-8-19(22)16-26(23)32)24-12-13-29(50-51(47,48)37(38,39)40)31-21-7-6-20(15-21)30(24)31/h10-13,17-22,28,33H,4-9,14-16H2,1-3H3,(H,41,42)(H,43,46). The highest BCUT2D eigenvalue weighted by Gasteiger charge is 2.50. The van der Waals surface area contributed by atoms with Crippen molar-refractivity contribution in [2.75, 3.05) is 13.7 Å². The molecule has 8 rings (SSSR count). The van der Waals surface area contributed by atoms with E-state index in [0.29, 0.717) is 29.8 Å². The summed E-state index contributed by atoms with van der Waals surface area (Å²) >= 11 is 0. The molecule has 3 fully saturated rings. The number of hydrogen-bond acceptors (Lipinski definition) is 7. The largest absolute Gasteiger partial charge is 0.534 e. The van der Waals surface area contributed by atoms with Crippen molar-refractivity contribution in [2.45, 2.75) is 101 Å². The van der Waals surface area contributed by atoms with Crippen LogP contribution in [-0.2, 0) is 26.1 Å². The van der Waals surface area contributed by atoms with Gasteiger partial charge in [0.05, 0.1) is 25.0 Å². The van der Waals surface area contributed by atoms with Gasteiger partial charge in [-0.1, -0.05) is 32.0 Å². The van der Waals surface area contributed by atoms with Gasteiger partial charge in [-0.15, -0.1) is 0 Å². The van der Waals surface area contributed by atoms with Crippen molar-refractivity contribution in [3.05, 3.63) is 58.5 Å². The molecular weight excluding hydrogens is 685 g/mol. The number of rotatable bonds is 8. The Kier molecular flexibility index (Phi) is 8.19. The van der Waals surface area contributed by atoms with Crippen LogP contribution in [0.25, 0.3) is 22.4 Å². The van der Waals surface area contributed by atoms with Crippen molar-refractivity contribution in [1.29, 1.82) is 0 Å². The summed E-state index contributed by atoms with van der Waals surface area (Å²) in [5, 5.41) is 2.69. The van der Waals surface area contributed by atoms with Gasteiger partial charge >= 0.3 is 21.7 Å². The number of hydrogen-bond donors (Lipinski definition) is 2. The first kappa shape index (κ1) is 34.0. The van der Waals surface area contributed by atoms with Gasteiger partial charge in [-0.2, -0.15) is 21.6 Å². The first-order valence-corrected chi connectivity index (χ1v) is 19.2. The molecule has 0 radical (unpaired) electrons. The average molecular weight is 727 g/mol. The Balaban J connectivity index is 1.14. The number of nitrogens with zero attached hydrogens (tertiary/aromatic N) is 2. The number of methoxy groups -OCH3 is 1. The number of H-pyrrole nitrogens is 1. The number of imidazole rings is 1. The van der Waals surface area contributed by atoms with Gasteiger partial charge in [0, 0.05) is 17.7 Å². The predicted octanol–water partition coefficient (Wildman–Crippen LogP) is 7.43. The minimum Gasteiger partial charge on any atom is -0.453 e. The summed E-state index contributed by atoms with van der Waals surface area (Å²) in [6.45, 7) is 4.31. The van der Waals surface area contributed by atoms with E-state index in [1.54, 1.807) is 11.0 Å². The first-order chi connectivity index (χ1) is 24.3. The normalized spacial score (nSPS) is 25.3. The first-order valence-electron chi connectivity index (χ1n) is 17.8. The number of benzene rings is 2. The molecule has 0 spiro atoms. The highest BCUT2D eigenvalue weighted by molar-refractivity contribution is 7.88. The molecule has 5 aliphatic rings. The molecule has 2 amide bonds. The van der Waals surface area contributed by atoms with Crippen LogP contribution in [-0.4, -0.2) is 60.5 Å². The highest BCUT2D eigenvalue weighted by atomic mass is 32.2. The molecule has 272 valence electrons. The van der Waals surface area contributed by atoms with Gasteiger partial charge in [0.2, 0.25) is 5.91 Å². The van der Waals surface area contributed by atoms with E-state index < -0.39 is 27.8 Å². The van der Waals surface area contributed by atoms with Crippen molar-refractivity contribution in [3.8, 4) is 28.1 Å². The molecule has 2 heterocycles. The van der Waals surface area contributed by atoms with E-state index in [9.17, 15) is 31.2 Å². The lowest BCUT2D eigenvalue weighted by Gasteiger charge is -2.32. The molecule has 14 heteroatoms. The van der Waals surface area contributed by atoms with Crippen molar-refractivity contribution < 1.29 is 40.1 Å². The third-order valence-electron chi connectivity index (χ3n) is 12.0. The fourth-order valence-corrected chi connectivity index (χ4v) is 10.0. The number of amides is 2. The monoisotopic (exact) mass is 726 g/mol. The number of alkyl carbamates (subject to hydrolysis) is 1. The van der Waals surface area contributed by atoms with Crippen LogP contribution in [0.15, 0.2) is 30.5 Å². The lowest BCUT2D eigenvalue weighted by Crippen LogP contribution is -2.51. The maximum atomic E-state index is 13.7. The van der Waals surface area contributed by atoms with Crippen LogP contribution in [0.5, 0.6) is 5.75 Å². The summed E-state index contributed by atoms with van der Waals surface area (Å²) < 4.78 is 73.6. The van der Waals surface area contributed by atoms with Crippen molar-refractivity contribution in [1.82, 2.24) is 20.2 Å². The molecule has 6 atom stereocenters. The number of ether oxygens (including phenoxy) is 1. The summed E-state index contributed by atoms with van der Waals surface area (Å²) in [7, 11) is -4.53. The van der Waals surface area contributed by atoms with Crippen LogP contribution in [0.1, 0.15) is 111 Å². The molecule has 3 aromatic rings. The average Bonchev–Trinajstić information content (AvgIpc) is 3.91. The number of likely N-dealkylation sites (tertiary alicyclic amines) is 1. The Hall–Kier alpha value is -4.07. The zero-order valence-electron chi connectivity index (χ0n) is 28.7. The van der Waals surface area contributed by atoms with Gasteiger partial charge in [-0.05, 0) is 115 Å². The molecule has 4 aliphatic carbocycles. The topological polar surface area (TPSA) is 131 Å². The number of aromatic nitrogens is 2. The number of fused-ring (bicyclic) bond motifs is 8. The van der Waals surface area contributed by atoms with E-state index in [-0.39, 0.29) is 35.5 Å². The molecular formula is C37H41F3N4O6S. The van der Waals surface area contributed by atoms with E-state index >= 15 is 0 Å². The zero-order chi connectivity index (χ0) is 36.0. The molecule has 1 saturated heterocycles. The maximum Gasteiger partial charge on any atom is 0.534 e. The fourth-order valence-electron chi connectivity index (χ4n) is 9.54. The molecule has 1 aromatic heterocycles. The molecule has 2 N–H and O–H groups in total. The minimum absolute atomic E-state index is 0.0373. The molecule has 2 saturated carbocycles. The van der Waals surface area contributed by atoms with Gasteiger partial charge in [0.15, 0.2) is 0 Å². The van der Waals surface area contributed by atoms with E-state index in [0.717, 1.165) is 79.3 Å². The van der Waals surface area contributed by atoms with Crippen LogP contribution in [0, 0.1) is 11.8 Å². The Bertz CT molecular complexity index is 2030. The van der Waals surface area contributed by atoms with E-state index in [1.807, 2.05) is 20.0 Å². The van der Waals surface area contributed by atoms with Crippen LogP contribution in [0.3, 0.4) is 0 Å². The molecule has 1 aliphatic heterocycles. The lowest BCUT2D eigenvalue weighted by molar-refractivity contribution is -0.135. The third kappa shape index (κ3) is 5.50. The molecule has 2 bridgehead atoms. The Morgan fingerprint density at radius 2 is 1.69 bits per heavy atom. The van der Waals surface area contributed by atoms with Gasteiger partial charge < -0.3 is 24.1 Å². The van der Waals surface area contributed by atoms with Crippen LogP contribution >= 0.6 is 0 Å². The number of alkyl halides is 3. The molecule has 51 heavy (non-hydrogen) atoms. The smallest absolute Gasteiger partial charge is 0.453 e. The van der Waals surface area contributed by atoms with Gasteiger partial charge in [0.25, 0.3) is 0 Å². The van der Waals surface area contributed by atoms with Gasteiger partial charge in [-0.25, -0.2) is 9.78 Å². The second-order valence-corrected chi connectivity index (χ2v) is 16.6. The predicted molar refractivity (Wildman–Crippen MR) is 181 cm³/mol. The zero-order valence-corrected chi connectivity index (χ0v) is 29.5. The Morgan fingerprint density at radius 1 is 0.980 bits per heavy atom. The summed E-state index contributed by atoms with van der Waals surface area (Å²) in [4.78, 5) is 35.8. The number of carbonyl (C=O) groups is 2. The molecule has 2 aromatic carbocycles. The van der Waals surface area contributed by atoms with Crippen LogP contribution in [0.4, 0.5) is 18.0 Å². The Labute approximate surface area is 294 Å². The molecule has 10 nitrogen and oxygen atoms in total. The second kappa shape index (κ2) is 12.3. The summed E-state index contributed by atoms with van der Waals surface area (Å²) in [5.74, 6) is 1.13. The Morgan fingerprint density at radius 3 is 2.37 bits per heavy atom. The fraction of sp³-hybridized carbons (Fsp3) is 0.541. The lowest BCUT2D eigenvalue weighted by atomic mass is 9.72. The molecule has 6 unspecified atom stereocenters.